The first-order chi connectivity index (χ1) is 17.1. The van der Waals surface area contributed by atoms with Crippen LogP contribution in [0, 0.1) is 0 Å². The van der Waals surface area contributed by atoms with E-state index in [9.17, 15) is 9.90 Å². The molecule has 0 fully saturated rings. The molecule has 0 atom stereocenters. The van der Waals surface area contributed by atoms with Gasteiger partial charge in [0.25, 0.3) is 0 Å². The van der Waals surface area contributed by atoms with E-state index in [1.165, 1.54) is 5.57 Å². The third kappa shape index (κ3) is 6.39. The fourth-order valence-corrected chi connectivity index (χ4v) is 3.97. The molecule has 0 aromatic heterocycles. The van der Waals surface area contributed by atoms with Crippen molar-refractivity contribution in [2.24, 2.45) is 0 Å². The van der Waals surface area contributed by atoms with Crippen molar-refractivity contribution in [1.29, 1.82) is 0 Å². The highest BCUT2D eigenvalue weighted by atomic mass is 16.6. The summed E-state index contributed by atoms with van der Waals surface area (Å²) >= 11 is 0. The van der Waals surface area contributed by atoms with E-state index in [0.717, 1.165) is 34.2 Å². The van der Waals surface area contributed by atoms with Gasteiger partial charge < -0.3 is 14.6 Å². The largest absolute Gasteiger partial charge is 0.508 e. The fourth-order valence-electron chi connectivity index (χ4n) is 3.97. The summed E-state index contributed by atoms with van der Waals surface area (Å²) in [6.07, 6.45) is 0.817. The maximum absolute atomic E-state index is 12.2. The van der Waals surface area contributed by atoms with Crippen LogP contribution in [-0.2, 0) is 16.1 Å². The minimum atomic E-state index is -0.424. The number of hydrogen-bond acceptors (Lipinski definition) is 4. The molecule has 0 unspecified atom stereocenters. The molecule has 35 heavy (non-hydrogen) atoms. The van der Waals surface area contributed by atoms with Gasteiger partial charge in [0, 0.05) is 0 Å². The first kappa shape index (κ1) is 23.8. The fraction of sp³-hybridized carbons (Fsp3) is 0.129. The predicted molar refractivity (Wildman–Crippen MR) is 139 cm³/mol. The van der Waals surface area contributed by atoms with Crippen LogP contribution in [0.25, 0.3) is 11.1 Å². The smallest absolute Gasteiger partial charge is 0.344 e. The molecule has 4 heteroatoms. The van der Waals surface area contributed by atoms with Crippen molar-refractivity contribution in [1.82, 2.24) is 0 Å². The minimum absolute atomic E-state index is 0.173. The maximum Gasteiger partial charge on any atom is 0.344 e. The Kier molecular flexibility index (Phi) is 7.97. The summed E-state index contributed by atoms with van der Waals surface area (Å²) < 4.78 is 11.1. The van der Waals surface area contributed by atoms with Crippen molar-refractivity contribution in [2.45, 2.75) is 20.0 Å². The van der Waals surface area contributed by atoms with Gasteiger partial charge in [-0.25, -0.2) is 4.79 Å². The topological polar surface area (TPSA) is 55.8 Å². The lowest BCUT2D eigenvalue weighted by Gasteiger charge is -2.17. The van der Waals surface area contributed by atoms with E-state index < -0.39 is 5.97 Å². The van der Waals surface area contributed by atoms with Gasteiger partial charge in [-0.05, 0) is 64.1 Å². The van der Waals surface area contributed by atoms with Crippen LogP contribution in [0.15, 0.2) is 109 Å². The average molecular weight is 465 g/mol. The third-order valence-electron chi connectivity index (χ3n) is 5.66. The normalized spacial score (nSPS) is 11.5. The molecule has 0 spiro atoms. The van der Waals surface area contributed by atoms with Crippen LogP contribution in [-0.4, -0.2) is 17.7 Å². The summed E-state index contributed by atoms with van der Waals surface area (Å²) in [5, 5.41) is 9.82. The summed E-state index contributed by atoms with van der Waals surface area (Å²) in [5.41, 5.74) is 6.24. The van der Waals surface area contributed by atoms with Gasteiger partial charge in [-0.1, -0.05) is 91.9 Å². The second kappa shape index (κ2) is 11.7. The Balaban J connectivity index is 1.59. The summed E-state index contributed by atoms with van der Waals surface area (Å²) in [7, 11) is 0. The number of esters is 1. The third-order valence-corrected chi connectivity index (χ3v) is 5.66. The number of carbonyl (C=O) groups excluding carboxylic acids is 1. The van der Waals surface area contributed by atoms with Crippen molar-refractivity contribution in [2.75, 3.05) is 6.61 Å². The van der Waals surface area contributed by atoms with E-state index in [2.05, 4.69) is 19.1 Å². The Morgan fingerprint density at radius 3 is 2.09 bits per heavy atom. The molecule has 0 amide bonds. The van der Waals surface area contributed by atoms with E-state index in [1.54, 1.807) is 12.1 Å². The first-order valence-corrected chi connectivity index (χ1v) is 11.6. The van der Waals surface area contributed by atoms with Crippen molar-refractivity contribution in [3.8, 4) is 11.5 Å². The van der Waals surface area contributed by atoms with Gasteiger partial charge in [0.2, 0.25) is 0 Å². The Morgan fingerprint density at radius 2 is 1.40 bits per heavy atom. The molecule has 4 aromatic carbocycles. The zero-order valence-corrected chi connectivity index (χ0v) is 19.7. The standard InChI is InChI=1S/C31H28O4/c1-2-29(24-12-7-4-8-13-24)31(25-16-18-27(32)19-17-25)26-14-9-15-28(20-26)34-22-30(33)35-21-23-10-5-3-6-11-23/h3-20,32H,2,21-22H2,1H3/b31-29+. The molecule has 0 saturated carbocycles. The number of hydrogen-bond donors (Lipinski definition) is 1. The highest BCUT2D eigenvalue weighted by Gasteiger charge is 2.14. The van der Waals surface area contributed by atoms with Crippen molar-refractivity contribution >= 4 is 17.1 Å². The van der Waals surface area contributed by atoms with Gasteiger partial charge in [-0.3, -0.25) is 0 Å². The van der Waals surface area contributed by atoms with Gasteiger partial charge in [0.05, 0.1) is 0 Å². The van der Waals surface area contributed by atoms with Crippen molar-refractivity contribution in [3.05, 3.63) is 131 Å². The summed E-state index contributed by atoms with van der Waals surface area (Å²) in [6.45, 7) is 2.17. The minimum Gasteiger partial charge on any atom is -0.508 e. The molecular formula is C31H28O4. The maximum atomic E-state index is 12.2. The predicted octanol–water partition coefficient (Wildman–Crippen LogP) is 6.88. The number of rotatable bonds is 9. The Labute approximate surface area is 206 Å². The van der Waals surface area contributed by atoms with Crippen LogP contribution in [0.5, 0.6) is 11.5 Å². The monoisotopic (exact) mass is 464 g/mol. The Morgan fingerprint density at radius 1 is 0.743 bits per heavy atom. The summed E-state index contributed by atoms with van der Waals surface area (Å²) in [4.78, 5) is 12.2. The second-order valence-electron chi connectivity index (χ2n) is 8.08. The van der Waals surface area contributed by atoms with Gasteiger partial charge in [-0.2, -0.15) is 0 Å². The van der Waals surface area contributed by atoms with E-state index in [1.807, 2.05) is 84.9 Å². The van der Waals surface area contributed by atoms with Gasteiger partial charge in [-0.15, -0.1) is 0 Å². The Hall–Kier alpha value is -4.31. The lowest BCUT2D eigenvalue weighted by molar-refractivity contribution is -0.147. The second-order valence-corrected chi connectivity index (χ2v) is 8.08. The molecule has 0 saturated heterocycles. The van der Waals surface area contributed by atoms with Crippen molar-refractivity contribution < 1.29 is 19.4 Å². The van der Waals surface area contributed by atoms with Crippen LogP contribution in [0.3, 0.4) is 0 Å². The van der Waals surface area contributed by atoms with Crippen LogP contribution in [0.4, 0.5) is 0 Å². The lowest BCUT2D eigenvalue weighted by Crippen LogP contribution is -2.14. The molecule has 4 aromatic rings. The number of phenols is 1. The van der Waals surface area contributed by atoms with E-state index in [-0.39, 0.29) is 19.0 Å². The molecule has 0 radical (unpaired) electrons. The SMILES string of the molecule is CC/C(=C(/c1ccc(O)cc1)c1cccc(OCC(=O)OCc2ccccc2)c1)c1ccccc1. The molecule has 0 aliphatic carbocycles. The van der Waals surface area contributed by atoms with Crippen LogP contribution in [0.2, 0.25) is 0 Å². The van der Waals surface area contributed by atoms with Crippen LogP contribution < -0.4 is 4.74 Å². The molecule has 176 valence electrons. The first-order valence-electron chi connectivity index (χ1n) is 11.6. The average Bonchev–Trinajstić information content (AvgIpc) is 2.91. The molecule has 4 rings (SSSR count). The molecular weight excluding hydrogens is 436 g/mol. The van der Waals surface area contributed by atoms with E-state index >= 15 is 0 Å². The quantitative estimate of drug-likeness (QED) is 0.217. The van der Waals surface area contributed by atoms with Gasteiger partial charge >= 0.3 is 5.97 Å². The number of aromatic hydroxyl groups is 1. The van der Waals surface area contributed by atoms with Gasteiger partial charge in [0.15, 0.2) is 6.61 Å². The number of carbonyl (C=O) groups is 1. The molecule has 0 heterocycles. The Bertz CT molecular complexity index is 1280. The zero-order valence-electron chi connectivity index (χ0n) is 19.7. The summed E-state index contributed by atoms with van der Waals surface area (Å²) in [5.74, 6) is 0.378. The summed E-state index contributed by atoms with van der Waals surface area (Å²) in [6, 6.07) is 34.7. The van der Waals surface area contributed by atoms with Crippen molar-refractivity contribution in [3.63, 3.8) is 0 Å². The van der Waals surface area contributed by atoms with Gasteiger partial charge in [0.1, 0.15) is 18.1 Å². The number of benzene rings is 4. The highest BCUT2D eigenvalue weighted by molar-refractivity contribution is 5.98. The van der Waals surface area contributed by atoms with Crippen LogP contribution in [0.1, 0.15) is 35.6 Å². The zero-order chi connectivity index (χ0) is 24.5. The molecule has 0 aliphatic rings. The van der Waals surface area contributed by atoms with E-state index in [4.69, 9.17) is 9.47 Å². The number of phenolic OH excluding ortho intramolecular Hbond substituents is 1. The van der Waals surface area contributed by atoms with Crippen LogP contribution >= 0.6 is 0 Å². The van der Waals surface area contributed by atoms with E-state index in [0.29, 0.717) is 5.75 Å². The molecule has 1 N–H and O–H groups in total. The molecule has 4 nitrogen and oxygen atoms in total. The number of allylic oxidation sites excluding steroid dienone is 1. The highest BCUT2D eigenvalue weighted by Crippen LogP contribution is 2.36. The molecule has 0 aliphatic heterocycles. The number of ether oxygens (including phenoxy) is 2. The lowest BCUT2D eigenvalue weighted by atomic mass is 9.88. The molecule has 0 bridgehead atoms.